The molecule has 0 aromatic heterocycles. The van der Waals surface area contributed by atoms with Crippen molar-refractivity contribution in [2.45, 2.75) is 26.2 Å². The van der Waals surface area contributed by atoms with Crippen molar-refractivity contribution in [2.24, 2.45) is 0 Å². The molecule has 0 saturated carbocycles. The molecule has 108 valence electrons. The van der Waals surface area contributed by atoms with E-state index in [9.17, 15) is 14.7 Å². The predicted octanol–water partition coefficient (Wildman–Crippen LogP) is 1.44. The number of carbonyl (C=O) groups excluding carboxylic acids is 2. The molecule has 0 unspecified atom stereocenters. The van der Waals surface area contributed by atoms with Gasteiger partial charge in [-0.15, -0.1) is 0 Å². The first-order valence-corrected chi connectivity index (χ1v) is 6.94. The second-order valence-corrected chi connectivity index (χ2v) is 5.04. The normalized spacial score (nSPS) is 14.3. The molecule has 0 aliphatic carbocycles. The van der Waals surface area contributed by atoms with Crippen molar-refractivity contribution in [3.05, 3.63) is 29.3 Å². The SMILES string of the molecule is Cc1c(O)cccc1C(=O)NCCC(=O)N1CCCC1. The number of amides is 2. The third kappa shape index (κ3) is 3.29. The van der Waals surface area contributed by atoms with Crippen LogP contribution in [0.1, 0.15) is 35.2 Å². The molecule has 1 aromatic carbocycles. The maximum atomic E-state index is 12.0. The van der Waals surface area contributed by atoms with Crippen molar-refractivity contribution in [2.75, 3.05) is 19.6 Å². The third-order valence-corrected chi connectivity index (χ3v) is 3.63. The van der Waals surface area contributed by atoms with Crippen molar-refractivity contribution in [1.82, 2.24) is 10.2 Å². The Morgan fingerprint density at radius 3 is 2.70 bits per heavy atom. The van der Waals surface area contributed by atoms with E-state index in [2.05, 4.69) is 5.32 Å². The average molecular weight is 276 g/mol. The number of carbonyl (C=O) groups is 2. The fraction of sp³-hybridized carbons (Fsp3) is 0.467. The lowest BCUT2D eigenvalue weighted by molar-refractivity contribution is -0.129. The van der Waals surface area contributed by atoms with Crippen LogP contribution in [0.4, 0.5) is 0 Å². The zero-order chi connectivity index (χ0) is 14.5. The van der Waals surface area contributed by atoms with Crippen LogP contribution in [0.5, 0.6) is 5.75 Å². The summed E-state index contributed by atoms with van der Waals surface area (Å²) in [6, 6.07) is 4.84. The standard InChI is InChI=1S/C15H20N2O3/c1-11-12(5-4-6-13(11)18)15(20)16-8-7-14(19)17-9-2-3-10-17/h4-6,18H,2-3,7-10H2,1H3,(H,16,20). The largest absolute Gasteiger partial charge is 0.508 e. The Hall–Kier alpha value is -2.04. The molecule has 5 nitrogen and oxygen atoms in total. The van der Waals surface area contributed by atoms with Gasteiger partial charge >= 0.3 is 0 Å². The molecule has 1 aromatic rings. The molecule has 5 heteroatoms. The number of hydrogen-bond acceptors (Lipinski definition) is 3. The first-order chi connectivity index (χ1) is 9.59. The lowest BCUT2D eigenvalue weighted by Gasteiger charge is -2.15. The van der Waals surface area contributed by atoms with Crippen LogP contribution in [0.15, 0.2) is 18.2 Å². The molecular formula is C15H20N2O3. The highest BCUT2D eigenvalue weighted by molar-refractivity contribution is 5.96. The van der Waals surface area contributed by atoms with Crippen LogP contribution in [-0.4, -0.2) is 41.5 Å². The van der Waals surface area contributed by atoms with Crippen LogP contribution in [0, 0.1) is 6.92 Å². The minimum absolute atomic E-state index is 0.0930. The van der Waals surface area contributed by atoms with Crippen LogP contribution in [0.25, 0.3) is 0 Å². The van der Waals surface area contributed by atoms with E-state index in [4.69, 9.17) is 0 Å². The van der Waals surface area contributed by atoms with Gasteiger partial charge in [0, 0.05) is 37.2 Å². The number of nitrogens with one attached hydrogen (secondary N) is 1. The van der Waals surface area contributed by atoms with Crippen molar-refractivity contribution in [3.63, 3.8) is 0 Å². The molecule has 0 bridgehead atoms. The topological polar surface area (TPSA) is 69.6 Å². The smallest absolute Gasteiger partial charge is 0.251 e. The van der Waals surface area contributed by atoms with Crippen LogP contribution < -0.4 is 5.32 Å². The van der Waals surface area contributed by atoms with Crippen LogP contribution >= 0.6 is 0 Å². The van der Waals surface area contributed by atoms with E-state index in [0.717, 1.165) is 25.9 Å². The van der Waals surface area contributed by atoms with Gasteiger partial charge in [0.1, 0.15) is 5.75 Å². The van der Waals surface area contributed by atoms with Gasteiger partial charge in [0.2, 0.25) is 5.91 Å². The van der Waals surface area contributed by atoms with E-state index < -0.39 is 0 Å². The lowest BCUT2D eigenvalue weighted by atomic mass is 10.1. The summed E-state index contributed by atoms with van der Waals surface area (Å²) in [5, 5.41) is 12.3. The number of phenolic OH excluding ortho intramolecular Hbond substituents is 1. The zero-order valence-electron chi connectivity index (χ0n) is 11.7. The van der Waals surface area contributed by atoms with Gasteiger partial charge in [-0.2, -0.15) is 0 Å². The van der Waals surface area contributed by atoms with Crippen LogP contribution in [-0.2, 0) is 4.79 Å². The van der Waals surface area contributed by atoms with E-state index >= 15 is 0 Å². The number of phenols is 1. The molecule has 0 spiro atoms. The average Bonchev–Trinajstić information content (AvgIpc) is 2.95. The molecule has 20 heavy (non-hydrogen) atoms. The molecular weight excluding hydrogens is 256 g/mol. The molecule has 2 N–H and O–H groups in total. The van der Waals surface area contributed by atoms with Gasteiger partial charge < -0.3 is 15.3 Å². The molecule has 1 fully saturated rings. The van der Waals surface area contributed by atoms with Crippen molar-refractivity contribution in [1.29, 1.82) is 0 Å². The summed E-state index contributed by atoms with van der Waals surface area (Å²) in [5.74, 6) is -0.0613. The number of benzene rings is 1. The maximum absolute atomic E-state index is 12.0. The first-order valence-electron chi connectivity index (χ1n) is 6.94. The van der Waals surface area contributed by atoms with Crippen molar-refractivity contribution >= 4 is 11.8 Å². The Labute approximate surface area is 118 Å². The summed E-state index contributed by atoms with van der Waals surface area (Å²) >= 11 is 0. The molecule has 0 atom stereocenters. The van der Waals surface area contributed by atoms with Crippen molar-refractivity contribution < 1.29 is 14.7 Å². The van der Waals surface area contributed by atoms with Gasteiger partial charge in [0.15, 0.2) is 0 Å². The second kappa shape index (κ2) is 6.41. The van der Waals surface area contributed by atoms with E-state index in [-0.39, 0.29) is 17.6 Å². The molecule has 1 heterocycles. The van der Waals surface area contributed by atoms with Crippen LogP contribution in [0.2, 0.25) is 0 Å². The molecule has 2 amide bonds. The predicted molar refractivity (Wildman–Crippen MR) is 75.6 cm³/mol. The fourth-order valence-electron chi connectivity index (χ4n) is 2.37. The summed E-state index contributed by atoms with van der Waals surface area (Å²) in [4.78, 5) is 25.6. The van der Waals surface area contributed by atoms with Gasteiger partial charge in [-0.1, -0.05) is 6.07 Å². The first kappa shape index (κ1) is 14.4. The van der Waals surface area contributed by atoms with Gasteiger partial charge in [-0.05, 0) is 31.9 Å². The Bertz CT molecular complexity index is 508. The monoisotopic (exact) mass is 276 g/mol. The summed E-state index contributed by atoms with van der Waals surface area (Å²) in [6.45, 7) is 3.68. The quantitative estimate of drug-likeness (QED) is 0.874. The Kier molecular flexibility index (Phi) is 4.61. The van der Waals surface area contributed by atoms with Gasteiger partial charge in [0.25, 0.3) is 5.91 Å². The Balaban J connectivity index is 1.83. The Morgan fingerprint density at radius 1 is 1.30 bits per heavy atom. The van der Waals surface area contributed by atoms with E-state index in [1.807, 2.05) is 4.90 Å². The molecule has 1 aliphatic rings. The lowest BCUT2D eigenvalue weighted by Crippen LogP contribution is -2.32. The Morgan fingerprint density at radius 2 is 2.00 bits per heavy atom. The second-order valence-electron chi connectivity index (χ2n) is 5.04. The van der Waals surface area contributed by atoms with Gasteiger partial charge in [0.05, 0.1) is 0 Å². The zero-order valence-corrected chi connectivity index (χ0v) is 11.7. The van der Waals surface area contributed by atoms with Gasteiger partial charge in [-0.3, -0.25) is 9.59 Å². The third-order valence-electron chi connectivity index (χ3n) is 3.63. The fourth-order valence-corrected chi connectivity index (χ4v) is 2.37. The molecule has 2 rings (SSSR count). The number of nitrogens with zero attached hydrogens (tertiary/aromatic N) is 1. The minimum atomic E-state index is -0.257. The molecule has 1 aliphatic heterocycles. The van der Waals surface area contributed by atoms with Crippen molar-refractivity contribution in [3.8, 4) is 5.75 Å². The summed E-state index contributed by atoms with van der Waals surface area (Å²) in [5.41, 5.74) is 0.995. The summed E-state index contributed by atoms with van der Waals surface area (Å²) in [7, 11) is 0. The van der Waals surface area contributed by atoms with E-state index in [1.54, 1.807) is 25.1 Å². The number of rotatable bonds is 4. The van der Waals surface area contributed by atoms with E-state index in [1.165, 1.54) is 0 Å². The summed E-state index contributed by atoms with van der Waals surface area (Å²) in [6.07, 6.45) is 2.46. The number of aromatic hydroxyl groups is 1. The summed E-state index contributed by atoms with van der Waals surface area (Å²) < 4.78 is 0. The highest BCUT2D eigenvalue weighted by Gasteiger charge is 2.18. The number of hydrogen-bond donors (Lipinski definition) is 2. The maximum Gasteiger partial charge on any atom is 0.251 e. The highest BCUT2D eigenvalue weighted by Crippen LogP contribution is 2.19. The minimum Gasteiger partial charge on any atom is -0.508 e. The van der Waals surface area contributed by atoms with E-state index in [0.29, 0.717) is 24.1 Å². The van der Waals surface area contributed by atoms with Gasteiger partial charge in [-0.25, -0.2) is 0 Å². The highest BCUT2D eigenvalue weighted by atomic mass is 16.3. The molecule has 0 radical (unpaired) electrons. The number of likely N-dealkylation sites (tertiary alicyclic amines) is 1. The molecule has 1 saturated heterocycles. The van der Waals surface area contributed by atoms with Crippen LogP contribution in [0.3, 0.4) is 0 Å².